The molecule has 0 unspecified atom stereocenters. The first kappa shape index (κ1) is 21.6. The molecule has 2 heterocycles. The van der Waals surface area contributed by atoms with E-state index in [-0.39, 0.29) is 5.91 Å². The fourth-order valence-electron chi connectivity index (χ4n) is 3.82. The van der Waals surface area contributed by atoms with E-state index in [0.29, 0.717) is 18.5 Å². The lowest BCUT2D eigenvalue weighted by atomic mass is 10.1. The Morgan fingerprint density at radius 1 is 1.33 bits per heavy atom. The number of allylic oxidation sites excluding steroid dienone is 3. The quantitative estimate of drug-likeness (QED) is 0.634. The summed E-state index contributed by atoms with van der Waals surface area (Å²) >= 11 is 0. The summed E-state index contributed by atoms with van der Waals surface area (Å²) in [6.07, 6.45) is 9.23. The average molecular weight is 373 g/mol. The molecule has 2 rings (SSSR count). The van der Waals surface area contributed by atoms with Gasteiger partial charge in [0.15, 0.2) is 0 Å². The summed E-state index contributed by atoms with van der Waals surface area (Å²) in [6, 6.07) is 0.413. The van der Waals surface area contributed by atoms with Crippen LogP contribution in [0.1, 0.15) is 59.8 Å². The van der Waals surface area contributed by atoms with Crippen LogP contribution in [0.15, 0.2) is 23.5 Å². The predicted octanol–water partition coefficient (Wildman–Crippen LogP) is 3.99. The van der Waals surface area contributed by atoms with Crippen molar-refractivity contribution in [3.05, 3.63) is 23.5 Å². The fourth-order valence-corrected chi connectivity index (χ4v) is 3.82. The van der Waals surface area contributed by atoms with Gasteiger partial charge in [-0.3, -0.25) is 9.69 Å². The number of hydrogen-bond acceptors (Lipinski definition) is 3. The third-order valence-corrected chi connectivity index (χ3v) is 5.41. The maximum Gasteiger partial charge on any atom is 0.236 e. The smallest absolute Gasteiger partial charge is 0.236 e. The zero-order valence-electron chi connectivity index (χ0n) is 17.6. The summed E-state index contributed by atoms with van der Waals surface area (Å²) in [5, 5.41) is 0. The first-order valence-electron chi connectivity index (χ1n) is 10.6. The Morgan fingerprint density at radius 3 is 2.85 bits per heavy atom. The molecule has 2 saturated heterocycles. The zero-order chi connectivity index (χ0) is 19.6. The average Bonchev–Trinajstić information content (AvgIpc) is 3.25. The van der Waals surface area contributed by atoms with Crippen molar-refractivity contribution in [2.45, 2.75) is 65.8 Å². The van der Waals surface area contributed by atoms with Gasteiger partial charge in [-0.15, -0.1) is 0 Å². The standard InChI is InChI=1S/C23H36N2O2/c1-5-8-14-24(13-6-2)23(26)18-25-17-20(16-19(25)4)10-9-11-21-12-15-27-22(21)7-3/h7,11,19-20H,5-6,8,12-18H2,1-4H3/b21-11-,22-7+/t19-,20+/m0/s1. The van der Waals surface area contributed by atoms with Crippen molar-refractivity contribution < 1.29 is 9.53 Å². The lowest BCUT2D eigenvalue weighted by Crippen LogP contribution is -2.42. The van der Waals surface area contributed by atoms with Gasteiger partial charge in [0.2, 0.25) is 5.91 Å². The molecule has 2 aliphatic rings. The van der Waals surface area contributed by atoms with Gasteiger partial charge >= 0.3 is 0 Å². The van der Waals surface area contributed by atoms with E-state index in [1.54, 1.807) is 0 Å². The molecule has 2 aliphatic heterocycles. The van der Waals surface area contributed by atoms with E-state index < -0.39 is 0 Å². The van der Waals surface area contributed by atoms with Crippen molar-refractivity contribution in [1.29, 1.82) is 0 Å². The molecule has 0 aromatic heterocycles. The molecule has 0 bridgehead atoms. The highest BCUT2D eigenvalue weighted by molar-refractivity contribution is 5.78. The van der Waals surface area contributed by atoms with Crippen molar-refractivity contribution in [3.8, 4) is 11.8 Å². The Hall–Kier alpha value is -1.73. The van der Waals surface area contributed by atoms with Gasteiger partial charge in [0.25, 0.3) is 0 Å². The van der Waals surface area contributed by atoms with Crippen LogP contribution in [-0.4, -0.2) is 54.5 Å². The first-order valence-corrected chi connectivity index (χ1v) is 10.6. The Morgan fingerprint density at radius 2 is 2.15 bits per heavy atom. The number of hydrogen-bond donors (Lipinski definition) is 0. The van der Waals surface area contributed by atoms with Gasteiger partial charge in [-0.2, -0.15) is 0 Å². The van der Waals surface area contributed by atoms with E-state index in [2.05, 4.69) is 37.5 Å². The van der Waals surface area contributed by atoms with Gasteiger partial charge < -0.3 is 9.64 Å². The third-order valence-electron chi connectivity index (χ3n) is 5.41. The maximum absolute atomic E-state index is 12.7. The van der Waals surface area contributed by atoms with E-state index in [1.807, 2.05) is 24.0 Å². The second-order valence-electron chi connectivity index (χ2n) is 7.66. The largest absolute Gasteiger partial charge is 0.493 e. The van der Waals surface area contributed by atoms with Crippen LogP contribution in [0.4, 0.5) is 0 Å². The number of likely N-dealkylation sites (tertiary alicyclic amines) is 1. The van der Waals surface area contributed by atoms with Gasteiger partial charge in [-0.05, 0) is 45.3 Å². The molecule has 27 heavy (non-hydrogen) atoms. The molecule has 1 amide bonds. The number of nitrogens with zero attached hydrogens (tertiary/aromatic N) is 2. The topological polar surface area (TPSA) is 32.8 Å². The van der Waals surface area contributed by atoms with Crippen LogP contribution in [0, 0.1) is 17.8 Å². The molecule has 4 nitrogen and oxygen atoms in total. The van der Waals surface area contributed by atoms with Gasteiger partial charge in [0.1, 0.15) is 5.76 Å². The van der Waals surface area contributed by atoms with Crippen LogP contribution >= 0.6 is 0 Å². The van der Waals surface area contributed by atoms with Crippen molar-refractivity contribution in [2.24, 2.45) is 5.92 Å². The normalized spacial score (nSPS) is 25.5. The van der Waals surface area contributed by atoms with Gasteiger partial charge in [0, 0.05) is 43.6 Å². The summed E-state index contributed by atoms with van der Waals surface area (Å²) in [6.45, 7) is 12.5. The van der Waals surface area contributed by atoms with Gasteiger partial charge in [0.05, 0.1) is 13.2 Å². The lowest BCUT2D eigenvalue weighted by Gasteiger charge is -2.27. The van der Waals surface area contributed by atoms with Crippen molar-refractivity contribution in [3.63, 3.8) is 0 Å². The highest BCUT2D eigenvalue weighted by atomic mass is 16.5. The molecule has 2 fully saturated rings. The zero-order valence-corrected chi connectivity index (χ0v) is 17.6. The van der Waals surface area contributed by atoms with Crippen molar-refractivity contribution >= 4 is 5.91 Å². The molecular formula is C23H36N2O2. The second kappa shape index (κ2) is 11.2. The van der Waals surface area contributed by atoms with Gasteiger partial charge in [-0.25, -0.2) is 0 Å². The molecule has 0 radical (unpaired) electrons. The number of carbonyl (C=O) groups excluding carboxylic acids is 1. The Labute approximate surface area is 165 Å². The highest BCUT2D eigenvalue weighted by Crippen LogP contribution is 2.24. The summed E-state index contributed by atoms with van der Waals surface area (Å²) in [5.74, 6) is 8.23. The van der Waals surface area contributed by atoms with Crippen LogP contribution in [0.3, 0.4) is 0 Å². The molecule has 0 aromatic rings. The summed E-state index contributed by atoms with van der Waals surface area (Å²) in [4.78, 5) is 17.1. The Kier molecular flexibility index (Phi) is 8.94. The fraction of sp³-hybridized carbons (Fsp3) is 0.696. The molecule has 4 heteroatoms. The number of rotatable bonds is 7. The van der Waals surface area contributed by atoms with Crippen molar-refractivity contribution in [1.82, 2.24) is 9.80 Å². The molecule has 0 spiro atoms. The van der Waals surface area contributed by atoms with Crippen LogP contribution in [0.25, 0.3) is 0 Å². The first-order chi connectivity index (χ1) is 13.1. The minimum atomic E-state index is 0.272. The molecule has 0 aliphatic carbocycles. The number of carbonyl (C=O) groups is 1. The summed E-state index contributed by atoms with van der Waals surface area (Å²) < 4.78 is 5.56. The van der Waals surface area contributed by atoms with Gasteiger partial charge in [-0.1, -0.05) is 32.1 Å². The number of amides is 1. The van der Waals surface area contributed by atoms with Crippen LogP contribution in [0.2, 0.25) is 0 Å². The summed E-state index contributed by atoms with van der Waals surface area (Å²) in [7, 11) is 0. The number of unbranched alkanes of at least 4 members (excludes halogenated alkanes) is 1. The lowest BCUT2D eigenvalue weighted by molar-refractivity contribution is -0.132. The molecule has 0 saturated carbocycles. The molecule has 0 aromatic carbocycles. The predicted molar refractivity (Wildman–Crippen MR) is 111 cm³/mol. The van der Waals surface area contributed by atoms with E-state index in [9.17, 15) is 4.79 Å². The SMILES string of the molecule is C/C=C1/OCC/C1=C/C#C[C@@H]1C[C@H](C)N(CC(=O)N(CCC)CCCC)C1. The van der Waals surface area contributed by atoms with E-state index >= 15 is 0 Å². The second-order valence-corrected chi connectivity index (χ2v) is 7.66. The molecular weight excluding hydrogens is 336 g/mol. The van der Waals surface area contributed by atoms with Crippen LogP contribution in [0.5, 0.6) is 0 Å². The van der Waals surface area contributed by atoms with Crippen LogP contribution < -0.4 is 0 Å². The van der Waals surface area contributed by atoms with E-state index in [1.165, 1.54) is 5.57 Å². The molecule has 150 valence electrons. The van der Waals surface area contributed by atoms with E-state index in [0.717, 1.165) is 64.1 Å². The van der Waals surface area contributed by atoms with E-state index in [4.69, 9.17) is 4.74 Å². The monoisotopic (exact) mass is 372 g/mol. The minimum absolute atomic E-state index is 0.272. The highest BCUT2D eigenvalue weighted by Gasteiger charge is 2.30. The Bertz CT molecular complexity index is 612. The third kappa shape index (κ3) is 6.43. The minimum Gasteiger partial charge on any atom is -0.493 e. The maximum atomic E-state index is 12.7. The Balaban J connectivity index is 1.89. The molecule has 0 N–H and O–H groups in total. The number of ether oxygens (including phenoxy) is 1. The van der Waals surface area contributed by atoms with Crippen molar-refractivity contribution in [2.75, 3.05) is 32.8 Å². The molecule has 2 atom stereocenters. The summed E-state index contributed by atoms with van der Waals surface area (Å²) in [5.41, 5.74) is 1.20. The van der Waals surface area contributed by atoms with Crippen LogP contribution in [-0.2, 0) is 9.53 Å².